The first-order chi connectivity index (χ1) is 9.60. The molecule has 1 aromatic carbocycles. The van der Waals surface area contributed by atoms with Crippen LogP contribution in [0.15, 0.2) is 36.4 Å². The van der Waals surface area contributed by atoms with E-state index in [-0.39, 0.29) is 16.0 Å². The molecule has 6 heteroatoms. The van der Waals surface area contributed by atoms with Gasteiger partial charge in [-0.2, -0.15) is 0 Å². The number of rotatable bonds is 6. The zero-order chi connectivity index (χ0) is 14.5. The molecule has 0 aliphatic carbocycles. The van der Waals surface area contributed by atoms with Crippen molar-refractivity contribution in [2.75, 3.05) is 7.11 Å². The fourth-order valence-electron chi connectivity index (χ4n) is 1.84. The van der Waals surface area contributed by atoms with Crippen molar-refractivity contribution in [2.45, 2.75) is 19.5 Å². The average molecular weight is 292 g/mol. The third-order valence-corrected chi connectivity index (χ3v) is 4.04. The van der Waals surface area contributed by atoms with Crippen LogP contribution in [0.4, 0.5) is 5.00 Å². The molecule has 2 aromatic rings. The third kappa shape index (κ3) is 3.55. The molecule has 106 valence electrons. The third-order valence-electron chi connectivity index (χ3n) is 3.00. The summed E-state index contributed by atoms with van der Waals surface area (Å²) < 4.78 is 5.20. The topological polar surface area (TPSA) is 64.4 Å². The van der Waals surface area contributed by atoms with E-state index in [1.54, 1.807) is 13.2 Å². The van der Waals surface area contributed by atoms with E-state index in [1.807, 2.05) is 24.3 Å². The summed E-state index contributed by atoms with van der Waals surface area (Å²) in [7, 11) is 1.64. The number of ether oxygens (including phenoxy) is 1. The van der Waals surface area contributed by atoms with E-state index in [1.165, 1.54) is 17.4 Å². The lowest BCUT2D eigenvalue weighted by Gasteiger charge is -2.14. The van der Waals surface area contributed by atoms with Crippen LogP contribution in [-0.4, -0.2) is 12.0 Å². The van der Waals surface area contributed by atoms with Crippen LogP contribution < -0.4 is 10.1 Å². The van der Waals surface area contributed by atoms with Gasteiger partial charge in [-0.25, -0.2) is 0 Å². The largest absolute Gasteiger partial charge is 0.497 e. The van der Waals surface area contributed by atoms with E-state index in [0.29, 0.717) is 6.54 Å². The maximum atomic E-state index is 10.6. The van der Waals surface area contributed by atoms with Crippen molar-refractivity contribution in [1.82, 2.24) is 5.32 Å². The summed E-state index contributed by atoms with van der Waals surface area (Å²) in [6, 6.07) is 11.3. The summed E-state index contributed by atoms with van der Waals surface area (Å²) in [6.45, 7) is 2.66. The van der Waals surface area contributed by atoms with Gasteiger partial charge in [-0.15, -0.1) is 0 Å². The van der Waals surface area contributed by atoms with Crippen molar-refractivity contribution in [3.8, 4) is 5.75 Å². The Morgan fingerprint density at radius 3 is 2.85 bits per heavy atom. The molecule has 0 bridgehead atoms. The molecule has 1 aromatic heterocycles. The Kier molecular flexibility index (Phi) is 4.70. The Balaban J connectivity index is 1.96. The van der Waals surface area contributed by atoms with Crippen molar-refractivity contribution < 1.29 is 9.66 Å². The average Bonchev–Trinajstić information content (AvgIpc) is 2.94. The van der Waals surface area contributed by atoms with Crippen molar-refractivity contribution in [2.24, 2.45) is 0 Å². The van der Waals surface area contributed by atoms with Gasteiger partial charge in [0.2, 0.25) is 0 Å². The summed E-state index contributed by atoms with van der Waals surface area (Å²) in [5, 5.41) is 14.2. The number of hydrogen-bond donors (Lipinski definition) is 1. The van der Waals surface area contributed by atoms with Crippen molar-refractivity contribution in [3.05, 3.63) is 57.0 Å². The fourth-order valence-corrected chi connectivity index (χ4v) is 2.61. The van der Waals surface area contributed by atoms with Crippen LogP contribution in [-0.2, 0) is 6.54 Å². The minimum atomic E-state index is -0.361. The van der Waals surface area contributed by atoms with Crippen LogP contribution in [0, 0.1) is 10.1 Å². The highest BCUT2D eigenvalue weighted by atomic mass is 32.1. The molecule has 2 rings (SSSR count). The molecular weight excluding hydrogens is 276 g/mol. The second kappa shape index (κ2) is 6.49. The van der Waals surface area contributed by atoms with Crippen LogP contribution in [0.5, 0.6) is 5.75 Å². The molecule has 0 fully saturated rings. The number of benzene rings is 1. The van der Waals surface area contributed by atoms with Gasteiger partial charge in [0.15, 0.2) is 0 Å². The Morgan fingerprint density at radius 1 is 1.40 bits per heavy atom. The number of nitrogens with one attached hydrogen (secondary N) is 1. The molecule has 0 amide bonds. The van der Waals surface area contributed by atoms with Crippen LogP contribution >= 0.6 is 11.3 Å². The molecular formula is C14H16N2O3S. The molecule has 20 heavy (non-hydrogen) atoms. The predicted octanol–water partition coefficient (Wildman–Crippen LogP) is 3.52. The van der Waals surface area contributed by atoms with Gasteiger partial charge in [0, 0.05) is 23.5 Å². The maximum Gasteiger partial charge on any atom is 0.324 e. The van der Waals surface area contributed by atoms with Gasteiger partial charge in [-0.1, -0.05) is 23.5 Å². The van der Waals surface area contributed by atoms with Crippen LogP contribution in [0.1, 0.15) is 23.4 Å². The molecule has 0 aliphatic heterocycles. The monoisotopic (exact) mass is 292 g/mol. The molecule has 0 saturated heterocycles. The quantitative estimate of drug-likeness (QED) is 0.653. The summed E-state index contributed by atoms with van der Waals surface area (Å²) >= 11 is 1.20. The van der Waals surface area contributed by atoms with Gasteiger partial charge in [0.05, 0.1) is 12.0 Å². The van der Waals surface area contributed by atoms with E-state index >= 15 is 0 Å². The van der Waals surface area contributed by atoms with Crippen molar-refractivity contribution in [3.63, 3.8) is 0 Å². The molecule has 0 saturated carbocycles. The first-order valence-electron chi connectivity index (χ1n) is 6.20. The zero-order valence-corrected chi connectivity index (χ0v) is 12.1. The minimum absolute atomic E-state index is 0.145. The fraction of sp³-hybridized carbons (Fsp3) is 0.286. The number of methoxy groups -OCH3 is 1. The SMILES string of the molecule is COc1cccc(C(C)NCc2ccc([N+](=O)[O-])s2)c1. The Morgan fingerprint density at radius 2 is 2.20 bits per heavy atom. The van der Waals surface area contributed by atoms with Gasteiger partial charge in [-0.3, -0.25) is 10.1 Å². The van der Waals surface area contributed by atoms with Gasteiger partial charge in [0.25, 0.3) is 0 Å². The second-order valence-electron chi connectivity index (χ2n) is 4.38. The summed E-state index contributed by atoms with van der Waals surface area (Å²) in [4.78, 5) is 11.2. The van der Waals surface area contributed by atoms with E-state index in [9.17, 15) is 10.1 Å². The zero-order valence-electron chi connectivity index (χ0n) is 11.3. The van der Waals surface area contributed by atoms with Gasteiger partial charge >= 0.3 is 5.00 Å². The summed E-state index contributed by atoms with van der Waals surface area (Å²) in [6.07, 6.45) is 0. The van der Waals surface area contributed by atoms with Gasteiger partial charge in [0.1, 0.15) is 5.75 Å². The first-order valence-corrected chi connectivity index (χ1v) is 7.02. The highest BCUT2D eigenvalue weighted by Crippen LogP contribution is 2.25. The Bertz CT molecular complexity index is 598. The van der Waals surface area contributed by atoms with E-state index in [0.717, 1.165) is 16.2 Å². The van der Waals surface area contributed by atoms with E-state index in [4.69, 9.17) is 4.74 Å². The maximum absolute atomic E-state index is 10.6. The summed E-state index contributed by atoms with van der Waals surface area (Å²) in [5.41, 5.74) is 1.12. The molecule has 5 nitrogen and oxygen atoms in total. The standard InChI is InChI=1S/C14H16N2O3S/c1-10(11-4-3-5-12(8-11)19-2)15-9-13-6-7-14(20-13)16(17)18/h3-8,10,15H,9H2,1-2H3. The van der Waals surface area contributed by atoms with Crippen LogP contribution in [0.25, 0.3) is 0 Å². The van der Waals surface area contributed by atoms with E-state index in [2.05, 4.69) is 12.2 Å². The molecule has 0 spiro atoms. The van der Waals surface area contributed by atoms with Crippen molar-refractivity contribution >= 4 is 16.3 Å². The number of nitro groups is 1. The number of thiophene rings is 1. The van der Waals surface area contributed by atoms with Crippen LogP contribution in [0.2, 0.25) is 0 Å². The smallest absolute Gasteiger partial charge is 0.324 e. The molecule has 1 atom stereocenters. The molecule has 0 aliphatic rings. The number of nitrogens with zero attached hydrogens (tertiary/aromatic N) is 1. The molecule has 1 N–H and O–H groups in total. The van der Waals surface area contributed by atoms with Gasteiger partial charge < -0.3 is 10.1 Å². The molecule has 1 unspecified atom stereocenters. The predicted molar refractivity (Wildman–Crippen MR) is 79.2 cm³/mol. The van der Waals surface area contributed by atoms with Gasteiger partial charge in [-0.05, 0) is 30.7 Å². The normalized spacial score (nSPS) is 12.1. The number of hydrogen-bond acceptors (Lipinski definition) is 5. The Hall–Kier alpha value is -1.92. The highest BCUT2D eigenvalue weighted by molar-refractivity contribution is 7.15. The summed E-state index contributed by atoms with van der Waals surface area (Å²) in [5.74, 6) is 0.822. The molecule has 0 radical (unpaired) electrons. The molecule has 1 heterocycles. The highest BCUT2D eigenvalue weighted by Gasteiger charge is 2.11. The lowest BCUT2D eigenvalue weighted by molar-refractivity contribution is -0.380. The minimum Gasteiger partial charge on any atom is -0.497 e. The lowest BCUT2D eigenvalue weighted by Crippen LogP contribution is -2.17. The van der Waals surface area contributed by atoms with E-state index < -0.39 is 0 Å². The Labute approximate surface area is 121 Å². The lowest BCUT2D eigenvalue weighted by atomic mass is 10.1. The van der Waals surface area contributed by atoms with Crippen molar-refractivity contribution in [1.29, 1.82) is 0 Å². The van der Waals surface area contributed by atoms with Crippen LogP contribution in [0.3, 0.4) is 0 Å². The second-order valence-corrected chi connectivity index (χ2v) is 5.52. The first kappa shape index (κ1) is 14.5.